The highest BCUT2D eigenvalue weighted by molar-refractivity contribution is 5.82. The van der Waals surface area contributed by atoms with Crippen LogP contribution in [0.1, 0.15) is 19.8 Å². The molecule has 18 heavy (non-hydrogen) atoms. The van der Waals surface area contributed by atoms with Crippen molar-refractivity contribution in [1.82, 2.24) is 15.1 Å². The molecule has 2 saturated heterocycles. The second-order valence-electron chi connectivity index (χ2n) is 5.55. The molecule has 0 aliphatic carbocycles. The Labute approximate surface area is 109 Å². The van der Waals surface area contributed by atoms with Crippen molar-refractivity contribution in [3.63, 3.8) is 0 Å². The minimum atomic E-state index is -0.0548. The van der Waals surface area contributed by atoms with Crippen molar-refractivity contribution in [2.45, 2.75) is 38.0 Å². The highest BCUT2D eigenvalue weighted by Gasteiger charge is 2.34. The summed E-state index contributed by atoms with van der Waals surface area (Å²) in [6.45, 7) is 5.84. The number of nitrogens with zero attached hydrogens (tertiary/aromatic N) is 2. The summed E-state index contributed by atoms with van der Waals surface area (Å²) in [5, 5.41) is 3.28. The van der Waals surface area contributed by atoms with E-state index in [1.165, 1.54) is 0 Å². The first-order chi connectivity index (χ1) is 8.61. The summed E-state index contributed by atoms with van der Waals surface area (Å²) in [5.74, 6) is 0.248. The van der Waals surface area contributed by atoms with Crippen LogP contribution >= 0.6 is 0 Å². The first-order valence-electron chi connectivity index (χ1n) is 6.87. The molecule has 3 unspecified atom stereocenters. The number of ether oxygens (including phenoxy) is 1. The molecule has 0 saturated carbocycles. The third-order valence-electron chi connectivity index (χ3n) is 4.05. The molecule has 5 nitrogen and oxygen atoms in total. The van der Waals surface area contributed by atoms with Gasteiger partial charge >= 0.3 is 0 Å². The molecule has 0 aromatic rings. The number of amides is 1. The van der Waals surface area contributed by atoms with Gasteiger partial charge in [-0.3, -0.25) is 4.79 Å². The molecule has 1 amide bonds. The number of likely N-dealkylation sites (N-methyl/N-ethyl adjacent to an activating group) is 1. The zero-order valence-electron chi connectivity index (χ0n) is 11.7. The van der Waals surface area contributed by atoms with Crippen molar-refractivity contribution >= 4 is 5.91 Å². The molecule has 104 valence electrons. The monoisotopic (exact) mass is 255 g/mol. The second kappa shape index (κ2) is 5.99. The highest BCUT2D eigenvalue weighted by atomic mass is 16.5. The molecule has 3 atom stereocenters. The van der Waals surface area contributed by atoms with Crippen molar-refractivity contribution in [2.75, 3.05) is 40.3 Å². The zero-order chi connectivity index (χ0) is 13.1. The van der Waals surface area contributed by atoms with Gasteiger partial charge in [0.25, 0.3) is 0 Å². The predicted molar refractivity (Wildman–Crippen MR) is 70.5 cm³/mol. The molecule has 2 aliphatic heterocycles. The summed E-state index contributed by atoms with van der Waals surface area (Å²) in [4.78, 5) is 16.9. The van der Waals surface area contributed by atoms with Crippen LogP contribution in [0.15, 0.2) is 0 Å². The van der Waals surface area contributed by atoms with Crippen LogP contribution in [0.2, 0.25) is 0 Å². The zero-order valence-corrected chi connectivity index (χ0v) is 11.7. The lowest BCUT2D eigenvalue weighted by molar-refractivity contribution is -0.135. The van der Waals surface area contributed by atoms with Gasteiger partial charge in [0, 0.05) is 32.8 Å². The number of carbonyl (C=O) groups excluding carboxylic acids is 1. The Morgan fingerprint density at radius 2 is 2.17 bits per heavy atom. The Kier molecular flexibility index (Phi) is 4.59. The fourth-order valence-corrected chi connectivity index (χ4v) is 2.97. The van der Waals surface area contributed by atoms with Gasteiger partial charge in [0.05, 0.1) is 12.1 Å². The van der Waals surface area contributed by atoms with E-state index >= 15 is 0 Å². The van der Waals surface area contributed by atoms with Crippen LogP contribution < -0.4 is 5.32 Å². The maximum atomic E-state index is 12.5. The van der Waals surface area contributed by atoms with E-state index in [0.717, 1.165) is 39.0 Å². The Hall–Kier alpha value is -0.650. The number of hydrogen-bond acceptors (Lipinski definition) is 4. The molecule has 0 bridgehead atoms. The van der Waals surface area contributed by atoms with Crippen molar-refractivity contribution in [2.24, 2.45) is 0 Å². The molecule has 5 heteroatoms. The molecule has 0 radical (unpaired) electrons. The van der Waals surface area contributed by atoms with Gasteiger partial charge in [-0.1, -0.05) is 0 Å². The van der Waals surface area contributed by atoms with Gasteiger partial charge < -0.3 is 19.9 Å². The molecule has 2 fully saturated rings. The molecule has 0 aromatic carbocycles. The summed E-state index contributed by atoms with van der Waals surface area (Å²) < 4.78 is 5.31. The van der Waals surface area contributed by atoms with E-state index in [0.29, 0.717) is 6.04 Å². The van der Waals surface area contributed by atoms with Crippen molar-refractivity contribution in [3.8, 4) is 0 Å². The van der Waals surface area contributed by atoms with Gasteiger partial charge in [-0.2, -0.15) is 0 Å². The smallest absolute Gasteiger partial charge is 0.240 e. The highest BCUT2D eigenvalue weighted by Crippen LogP contribution is 2.16. The normalized spacial score (nSPS) is 34.6. The van der Waals surface area contributed by atoms with E-state index < -0.39 is 0 Å². The maximum absolute atomic E-state index is 12.5. The van der Waals surface area contributed by atoms with E-state index in [4.69, 9.17) is 4.74 Å². The number of carbonyl (C=O) groups is 1. The van der Waals surface area contributed by atoms with Gasteiger partial charge in [0.15, 0.2) is 0 Å². The van der Waals surface area contributed by atoms with E-state index in [1.807, 2.05) is 4.90 Å². The van der Waals surface area contributed by atoms with Crippen LogP contribution in [0.5, 0.6) is 0 Å². The molecule has 0 spiro atoms. The van der Waals surface area contributed by atoms with E-state index in [-0.39, 0.29) is 18.1 Å². The van der Waals surface area contributed by atoms with Crippen LogP contribution in [0.25, 0.3) is 0 Å². The molecule has 2 heterocycles. The summed E-state index contributed by atoms with van der Waals surface area (Å²) in [6.07, 6.45) is 2.05. The Morgan fingerprint density at radius 3 is 2.83 bits per heavy atom. The minimum Gasteiger partial charge on any atom is -0.380 e. The minimum absolute atomic E-state index is 0.0548. The van der Waals surface area contributed by atoms with Crippen LogP contribution in [0.4, 0.5) is 0 Å². The molecule has 2 aliphatic rings. The Morgan fingerprint density at radius 1 is 1.39 bits per heavy atom. The number of rotatable bonds is 2. The summed E-state index contributed by atoms with van der Waals surface area (Å²) >= 11 is 0. The largest absolute Gasteiger partial charge is 0.380 e. The van der Waals surface area contributed by atoms with Gasteiger partial charge in [-0.25, -0.2) is 0 Å². The molecule has 1 N–H and O–H groups in total. The van der Waals surface area contributed by atoms with Gasteiger partial charge in [-0.05, 0) is 33.4 Å². The predicted octanol–water partition coefficient (Wildman–Crippen LogP) is -0.0841. The second-order valence-corrected chi connectivity index (χ2v) is 5.55. The molecule has 0 aromatic heterocycles. The van der Waals surface area contributed by atoms with E-state index in [9.17, 15) is 4.79 Å². The van der Waals surface area contributed by atoms with E-state index in [2.05, 4.69) is 24.2 Å². The summed E-state index contributed by atoms with van der Waals surface area (Å²) in [6, 6.07) is 0.245. The molecule has 2 rings (SSSR count). The van der Waals surface area contributed by atoms with Gasteiger partial charge in [-0.15, -0.1) is 0 Å². The third-order valence-corrected chi connectivity index (χ3v) is 4.05. The Bertz CT molecular complexity index is 298. The number of nitrogens with one attached hydrogen (secondary N) is 1. The summed E-state index contributed by atoms with van der Waals surface area (Å²) in [5.41, 5.74) is 0. The fraction of sp³-hybridized carbons (Fsp3) is 0.923. The van der Waals surface area contributed by atoms with Crippen LogP contribution in [0.3, 0.4) is 0 Å². The summed E-state index contributed by atoms with van der Waals surface area (Å²) in [7, 11) is 3.84. The topological polar surface area (TPSA) is 44.8 Å². The lowest BCUT2D eigenvalue weighted by Crippen LogP contribution is -2.49. The lowest BCUT2D eigenvalue weighted by Gasteiger charge is -2.30. The van der Waals surface area contributed by atoms with Crippen LogP contribution in [0, 0.1) is 0 Å². The maximum Gasteiger partial charge on any atom is 0.240 e. The first kappa shape index (κ1) is 13.8. The van der Waals surface area contributed by atoms with Gasteiger partial charge in [0.1, 0.15) is 0 Å². The molecular weight excluding hydrogens is 230 g/mol. The number of hydrogen-bond donors (Lipinski definition) is 1. The average Bonchev–Trinajstić information content (AvgIpc) is 2.75. The molecular formula is C13H25N3O2. The standard InChI is InChI=1S/C13H25N3O2/c1-10-9-15(2)5-4-6-16(10)13(17)12-7-11(18-3)8-14-12/h10-12,14H,4-9H2,1-3H3. The van der Waals surface area contributed by atoms with Crippen molar-refractivity contribution in [3.05, 3.63) is 0 Å². The SMILES string of the molecule is COC1CNC(C(=O)N2CCCN(C)CC2C)C1. The van der Waals surface area contributed by atoms with Gasteiger partial charge in [0.2, 0.25) is 5.91 Å². The first-order valence-corrected chi connectivity index (χ1v) is 6.87. The van der Waals surface area contributed by atoms with Crippen molar-refractivity contribution in [1.29, 1.82) is 0 Å². The third kappa shape index (κ3) is 3.02. The number of methoxy groups -OCH3 is 1. The Balaban J connectivity index is 1.95. The van der Waals surface area contributed by atoms with Crippen molar-refractivity contribution < 1.29 is 9.53 Å². The van der Waals surface area contributed by atoms with Crippen LogP contribution in [-0.2, 0) is 9.53 Å². The average molecular weight is 255 g/mol. The van der Waals surface area contributed by atoms with E-state index in [1.54, 1.807) is 7.11 Å². The quantitative estimate of drug-likeness (QED) is 0.749. The lowest BCUT2D eigenvalue weighted by atomic mass is 10.1. The fourth-order valence-electron chi connectivity index (χ4n) is 2.97. The van der Waals surface area contributed by atoms with Crippen LogP contribution in [-0.4, -0.2) is 74.2 Å².